The number of piperidine rings is 1. The van der Waals surface area contributed by atoms with Crippen molar-refractivity contribution in [1.29, 1.82) is 0 Å². The molecule has 3 rings (SSSR count). The number of aryl methyl sites for hydroxylation is 1. The summed E-state index contributed by atoms with van der Waals surface area (Å²) >= 11 is 0. The molecule has 0 aliphatic carbocycles. The number of benzene rings is 1. The third kappa shape index (κ3) is 2.40. The van der Waals surface area contributed by atoms with Crippen molar-refractivity contribution in [3.63, 3.8) is 0 Å². The zero-order valence-corrected chi connectivity index (χ0v) is 11.1. The number of rotatable bonds is 2. The lowest BCUT2D eigenvalue weighted by Crippen LogP contribution is -2.29. The first kappa shape index (κ1) is 12.4. The van der Waals surface area contributed by atoms with Crippen molar-refractivity contribution in [2.75, 3.05) is 13.1 Å². The minimum atomic E-state index is -0.192. The Labute approximate surface area is 112 Å². The highest BCUT2D eigenvalue weighted by molar-refractivity contribution is 5.38. The smallest absolute Gasteiger partial charge is 0.147 e. The highest BCUT2D eigenvalue weighted by atomic mass is 19.1. The van der Waals surface area contributed by atoms with Crippen LogP contribution in [0.5, 0.6) is 0 Å². The summed E-state index contributed by atoms with van der Waals surface area (Å²) in [6.07, 6.45) is 5.85. The first-order chi connectivity index (χ1) is 9.25. The molecule has 0 spiro atoms. The zero-order valence-electron chi connectivity index (χ0n) is 11.1. The van der Waals surface area contributed by atoms with Gasteiger partial charge in [-0.1, -0.05) is 6.07 Å². The second-order valence-corrected chi connectivity index (χ2v) is 5.19. The fourth-order valence-corrected chi connectivity index (χ4v) is 2.72. The molecular formula is C15H18FN3. The Morgan fingerprint density at radius 1 is 1.42 bits per heavy atom. The minimum absolute atomic E-state index is 0.192. The van der Waals surface area contributed by atoms with Gasteiger partial charge in [-0.25, -0.2) is 9.37 Å². The third-order valence-electron chi connectivity index (χ3n) is 3.74. The van der Waals surface area contributed by atoms with Gasteiger partial charge in [0.15, 0.2) is 0 Å². The maximum atomic E-state index is 14.1. The van der Waals surface area contributed by atoms with Gasteiger partial charge in [0, 0.05) is 24.4 Å². The van der Waals surface area contributed by atoms with Crippen molar-refractivity contribution >= 4 is 0 Å². The second-order valence-electron chi connectivity index (χ2n) is 5.19. The van der Waals surface area contributed by atoms with Gasteiger partial charge in [0.25, 0.3) is 0 Å². The molecule has 4 heteroatoms. The fourth-order valence-electron chi connectivity index (χ4n) is 2.72. The SMILES string of the molecule is Cc1ccc(-n2cncc2C2CCCNC2)c(F)c1. The van der Waals surface area contributed by atoms with Gasteiger partial charge in [-0.3, -0.25) is 0 Å². The predicted molar refractivity (Wildman–Crippen MR) is 73.1 cm³/mol. The molecule has 0 amide bonds. The topological polar surface area (TPSA) is 29.9 Å². The van der Waals surface area contributed by atoms with Crippen molar-refractivity contribution in [1.82, 2.24) is 14.9 Å². The van der Waals surface area contributed by atoms with Crippen LogP contribution in [0, 0.1) is 12.7 Å². The predicted octanol–water partition coefficient (Wildman–Crippen LogP) is 2.79. The normalized spacial score (nSPS) is 19.6. The highest BCUT2D eigenvalue weighted by Crippen LogP contribution is 2.26. The maximum absolute atomic E-state index is 14.1. The van der Waals surface area contributed by atoms with Crippen molar-refractivity contribution in [2.24, 2.45) is 0 Å². The van der Waals surface area contributed by atoms with Crippen molar-refractivity contribution in [3.8, 4) is 5.69 Å². The number of hydrogen-bond donors (Lipinski definition) is 1. The lowest BCUT2D eigenvalue weighted by molar-refractivity contribution is 0.450. The Bertz CT molecular complexity index is 571. The molecule has 1 aromatic carbocycles. The molecule has 2 heterocycles. The van der Waals surface area contributed by atoms with Crippen molar-refractivity contribution in [2.45, 2.75) is 25.7 Å². The molecule has 0 saturated carbocycles. The number of imidazole rings is 1. The third-order valence-corrected chi connectivity index (χ3v) is 3.74. The number of nitrogens with zero attached hydrogens (tertiary/aromatic N) is 2. The molecule has 1 N–H and O–H groups in total. The van der Waals surface area contributed by atoms with E-state index < -0.39 is 0 Å². The molecule has 1 aliphatic rings. The van der Waals surface area contributed by atoms with Crippen molar-refractivity contribution < 1.29 is 4.39 Å². The molecule has 3 nitrogen and oxygen atoms in total. The molecule has 0 radical (unpaired) electrons. The van der Waals surface area contributed by atoms with Crippen LogP contribution in [0.3, 0.4) is 0 Å². The van der Waals surface area contributed by atoms with Crippen LogP contribution in [0.15, 0.2) is 30.7 Å². The van der Waals surface area contributed by atoms with Crippen LogP contribution in [0.2, 0.25) is 0 Å². The summed E-state index contributed by atoms with van der Waals surface area (Å²) in [4.78, 5) is 4.21. The van der Waals surface area contributed by atoms with Crippen LogP contribution in [0.1, 0.15) is 30.0 Å². The molecule has 1 unspecified atom stereocenters. The summed E-state index contributed by atoms with van der Waals surface area (Å²) in [5.41, 5.74) is 2.61. The molecule has 19 heavy (non-hydrogen) atoms. The average molecular weight is 259 g/mol. The summed E-state index contributed by atoms with van der Waals surface area (Å²) in [7, 11) is 0. The van der Waals surface area contributed by atoms with Gasteiger partial charge in [-0.2, -0.15) is 0 Å². The molecule has 1 fully saturated rings. The van der Waals surface area contributed by atoms with Crippen LogP contribution in [-0.4, -0.2) is 22.6 Å². The summed E-state index contributed by atoms with van der Waals surface area (Å²) < 4.78 is 16.0. The number of nitrogens with one attached hydrogen (secondary N) is 1. The molecule has 2 aromatic rings. The Morgan fingerprint density at radius 2 is 2.32 bits per heavy atom. The van der Waals surface area contributed by atoms with Gasteiger partial charge in [-0.05, 0) is 44.0 Å². The standard InChI is InChI=1S/C15H18FN3/c1-11-4-5-14(13(16)7-11)19-10-18-9-15(19)12-3-2-6-17-8-12/h4-5,7,9-10,12,17H,2-3,6,8H2,1H3. The summed E-state index contributed by atoms with van der Waals surface area (Å²) in [6, 6.07) is 5.33. The van der Waals surface area contributed by atoms with Gasteiger partial charge in [0.1, 0.15) is 5.82 Å². The van der Waals surface area contributed by atoms with Gasteiger partial charge in [0.2, 0.25) is 0 Å². The zero-order chi connectivity index (χ0) is 13.2. The highest BCUT2D eigenvalue weighted by Gasteiger charge is 2.20. The lowest BCUT2D eigenvalue weighted by Gasteiger charge is -2.24. The van der Waals surface area contributed by atoms with E-state index in [0.717, 1.165) is 37.2 Å². The Balaban J connectivity index is 1.99. The van der Waals surface area contributed by atoms with Gasteiger partial charge < -0.3 is 9.88 Å². The van der Waals surface area contributed by atoms with Gasteiger partial charge in [0.05, 0.1) is 12.0 Å². The van der Waals surface area contributed by atoms with E-state index in [2.05, 4.69) is 10.3 Å². The summed E-state index contributed by atoms with van der Waals surface area (Å²) in [5, 5.41) is 3.39. The lowest BCUT2D eigenvalue weighted by atomic mass is 9.96. The molecular weight excluding hydrogens is 241 g/mol. The molecule has 100 valence electrons. The minimum Gasteiger partial charge on any atom is -0.316 e. The monoisotopic (exact) mass is 259 g/mol. The number of aromatic nitrogens is 2. The van der Waals surface area contributed by atoms with Crippen LogP contribution < -0.4 is 5.32 Å². The van der Waals surface area contributed by atoms with E-state index in [9.17, 15) is 4.39 Å². The largest absolute Gasteiger partial charge is 0.316 e. The quantitative estimate of drug-likeness (QED) is 0.898. The van der Waals surface area contributed by atoms with Crippen LogP contribution >= 0.6 is 0 Å². The second kappa shape index (κ2) is 5.13. The number of hydrogen-bond acceptors (Lipinski definition) is 2. The van der Waals surface area contributed by atoms with Gasteiger partial charge in [-0.15, -0.1) is 0 Å². The van der Waals surface area contributed by atoms with E-state index in [1.54, 1.807) is 12.4 Å². The van der Waals surface area contributed by atoms with Gasteiger partial charge >= 0.3 is 0 Å². The van der Waals surface area contributed by atoms with E-state index in [1.807, 2.05) is 29.8 Å². The Kier molecular flexibility index (Phi) is 3.34. The molecule has 1 saturated heterocycles. The first-order valence-electron chi connectivity index (χ1n) is 6.75. The van der Waals surface area contributed by atoms with Crippen molar-refractivity contribution in [3.05, 3.63) is 47.8 Å². The molecule has 1 aromatic heterocycles. The summed E-state index contributed by atoms with van der Waals surface area (Å²) in [6.45, 7) is 3.91. The van der Waals surface area contributed by atoms with Crippen LogP contribution in [0.25, 0.3) is 5.69 Å². The van der Waals surface area contributed by atoms with E-state index in [1.165, 1.54) is 0 Å². The van der Waals surface area contributed by atoms with Crippen LogP contribution in [-0.2, 0) is 0 Å². The summed E-state index contributed by atoms with van der Waals surface area (Å²) in [5.74, 6) is 0.222. The van der Waals surface area contributed by atoms with E-state index in [-0.39, 0.29) is 5.82 Å². The maximum Gasteiger partial charge on any atom is 0.147 e. The molecule has 1 aliphatic heterocycles. The number of halogens is 1. The van der Waals surface area contributed by atoms with Crippen LogP contribution in [0.4, 0.5) is 4.39 Å². The van der Waals surface area contributed by atoms with E-state index in [0.29, 0.717) is 11.6 Å². The van der Waals surface area contributed by atoms with E-state index in [4.69, 9.17) is 0 Å². The Morgan fingerprint density at radius 3 is 3.05 bits per heavy atom. The average Bonchev–Trinajstić information content (AvgIpc) is 2.89. The fraction of sp³-hybridized carbons (Fsp3) is 0.400. The first-order valence-corrected chi connectivity index (χ1v) is 6.75. The molecule has 1 atom stereocenters. The van der Waals surface area contributed by atoms with E-state index >= 15 is 0 Å². The Hall–Kier alpha value is -1.68. The molecule has 0 bridgehead atoms.